The second kappa shape index (κ2) is 14.6. The highest BCUT2D eigenvalue weighted by Crippen LogP contribution is 2.65. The van der Waals surface area contributed by atoms with E-state index in [1.54, 1.807) is 11.0 Å². The van der Waals surface area contributed by atoms with E-state index in [0.29, 0.717) is 31.3 Å². The Bertz CT molecular complexity index is 1400. The Kier molecular flexibility index (Phi) is 10.6. The quantitative estimate of drug-likeness (QED) is 0.171. The fourth-order valence-electron chi connectivity index (χ4n) is 8.90. The Balaban J connectivity index is 1.16. The van der Waals surface area contributed by atoms with Crippen molar-refractivity contribution in [3.8, 4) is 0 Å². The van der Waals surface area contributed by atoms with Crippen molar-refractivity contribution in [2.75, 3.05) is 19.8 Å². The van der Waals surface area contributed by atoms with Crippen molar-refractivity contribution >= 4 is 25.0 Å². The van der Waals surface area contributed by atoms with Crippen LogP contribution < -0.4 is 11.1 Å². The number of nitrogens with one attached hydrogen (secondary N) is 1. The number of rotatable bonds is 14. The number of carbonyl (C=O) groups excluding carboxylic acids is 3. The third-order valence-electron chi connectivity index (χ3n) is 11.9. The second-order valence-corrected chi connectivity index (χ2v) is 15.3. The molecule has 3 aliphatic carbocycles. The van der Waals surface area contributed by atoms with Crippen LogP contribution in [-0.2, 0) is 41.5 Å². The molecule has 3 N–H and O–H groups in total. The van der Waals surface area contributed by atoms with Crippen LogP contribution in [0.3, 0.4) is 0 Å². The number of hydrogen-bond donors (Lipinski definition) is 2. The van der Waals surface area contributed by atoms with Crippen LogP contribution >= 0.6 is 0 Å². The molecular weight excluding hydrogens is 623 g/mol. The number of unbranched alkanes of at least 4 members (excludes halogenated alkanes) is 2. The summed E-state index contributed by atoms with van der Waals surface area (Å²) in [5.74, 6) is -0.215. The maximum Gasteiger partial charge on any atom is 0.481 e. The molecule has 5 fully saturated rings. The van der Waals surface area contributed by atoms with Gasteiger partial charge >= 0.3 is 13.2 Å². The smallest absolute Gasteiger partial charge is 0.444 e. The van der Waals surface area contributed by atoms with E-state index in [-0.39, 0.29) is 43.6 Å². The van der Waals surface area contributed by atoms with Gasteiger partial charge in [-0.15, -0.1) is 13.2 Å². The fourth-order valence-corrected chi connectivity index (χ4v) is 8.90. The number of carbonyl (C=O) groups is 3. The van der Waals surface area contributed by atoms with Crippen molar-refractivity contribution < 1.29 is 33.2 Å². The molecule has 8 atom stereocenters. The Morgan fingerprint density at radius 3 is 2.51 bits per heavy atom. The van der Waals surface area contributed by atoms with Crippen LogP contribution in [-0.4, -0.2) is 90.4 Å². The van der Waals surface area contributed by atoms with E-state index in [0.717, 1.165) is 43.2 Å². The SMILES string of the molecule is C=CCCCC[C@@H](NC(=O)[C@@H]1C[C@@H](OC(=O)N2Cc3ccccc3C2)CN1C(=O)[C@@H](N)COCC=C)B1OC2CC3CC(C3(C)C)C2(C)O1. The highest BCUT2D eigenvalue weighted by atomic mass is 16.7. The molecule has 12 heteroatoms. The summed E-state index contributed by atoms with van der Waals surface area (Å²) < 4.78 is 24.8. The van der Waals surface area contributed by atoms with Crippen LogP contribution in [0.25, 0.3) is 0 Å². The van der Waals surface area contributed by atoms with Gasteiger partial charge in [-0.05, 0) is 67.4 Å². The number of ether oxygens (including phenoxy) is 2. The molecular formula is C37H53BN4O7. The van der Waals surface area contributed by atoms with Gasteiger partial charge in [0.2, 0.25) is 11.8 Å². The van der Waals surface area contributed by atoms with E-state index >= 15 is 0 Å². The van der Waals surface area contributed by atoms with Gasteiger partial charge in [0.25, 0.3) is 0 Å². The summed E-state index contributed by atoms with van der Waals surface area (Å²) in [4.78, 5) is 44.3. The summed E-state index contributed by atoms with van der Waals surface area (Å²) in [6.45, 7) is 15.5. The van der Waals surface area contributed by atoms with Crippen LogP contribution in [0, 0.1) is 17.3 Å². The zero-order chi connectivity index (χ0) is 34.9. The molecule has 3 saturated carbocycles. The van der Waals surface area contributed by atoms with E-state index in [1.807, 2.05) is 30.3 Å². The summed E-state index contributed by atoms with van der Waals surface area (Å²) in [7, 11) is -0.608. The minimum atomic E-state index is -0.994. The predicted molar refractivity (Wildman–Crippen MR) is 186 cm³/mol. The van der Waals surface area contributed by atoms with Crippen molar-refractivity contribution in [1.82, 2.24) is 15.1 Å². The molecule has 7 rings (SSSR count). The van der Waals surface area contributed by atoms with Crippen molar-refractivity contribution in [1.29, 1.82) is 0 Å². The number of hydrogen-bond acceptors (Lipinski definition) is 8. The molecule has 266 valence electrons. The Labute approximate surface area is 291 Å². The number of nitrogens with two attached hydrogens (primary N) is 1. The van der Waals surface area contributed by atoms with Crippen molar-refractivity contribution in [2.45, 2.75) is 115 Å². The van der Waals surface area contributed by atoms with Crippen molar-refractivity contribution in [3.63, 3.8) is 0 Å². The number of likely N-dealkylation sites (tertiary alicyclic amines) is 1. The van der Waals surface area contributed by atoms with Gasteiger partial charge in [0.15, 0.2) is 0 Å². The van der Waals surface area contributed by atoms with E-state index in [9.17, 15) is 14.4 Å². The van der Waals surface area contributed by atoms with Gasteiger partial charge < -0.3 is 34.7 Å². The first kappa shape index (κ1) is 35.6. The molecule has 2 saturated heterocycles. The van der Waals surface area contributed by atoms with Gasteiger partial charge in [0.1, 0.15) is 18.2 Å². The lowest BCUT2D eigenvalue weighted by Crippen LogP contribution is -2.65. The third kappa shape index (κ3) is 7.07. The summed E-state index contributed by atoms with van der Waals surface area (Å²) in [5.41, 5.74) is 8.19. The first-order valence-electron chi connectivity index (χ1n) is 18.0. The zero-order valence-corrected chi connectivity index (χ0v) is 29.3. The van der Waals surface area contributed by atoms with Crippen molar-refractivity contribution in [2.24, 2.45) is 23.0 Å². The predicted octanol–water partition coefficient (Wildman–Crippen LogP) is 4.14. The Hall–Kier alpha value is -3.19. The van der Waals surface area contributed by atoms with Crippen molar-refractivity contribution in [3.05, 3.63) is 60.7 Å². The lowest BCUT2D eigenvalue weighted by atomic mass is 9.43. The largest absolute Gasteiger partial charge is 0.481 e. The molecule has 0 radical (unpaired) electrons. The first-order valence-corrected chi connectivity index (χ1v) is 18.0. The summed E-state index contributed by atoms with van der Waals surface area (Å²) in [5, 5.41) is 3.23. The van der Waals surface area contributed by atoms with E-state index in [2.05, 4.69) is 39.2 Å². The standard InChI is InChI=1S/C37H53BN4O7/c1-6-8-9-10-15-32(38-48-31-18-26-17-30(36(26,3)4)37(31,5)49-38)40-33(43)29-19-27(22-42(29)34(44)28(39)23-46-16-7-2)47-35(45)41-20-24-13-11-12-14-25(24)21-41/h6-7,11-14,26-32H,1-2,8-10,15-23,39H2,3-5H3,(H,40,43)/t26?,27-,28+,29+,30?,31?,32-,37?/m1/s1. The third-order valence-corrected chi connectivity index (χ3v) is 11.9. The normalized spacial score (nSPS) is 30.5. The van der Waals surface area contributed by atoms with Crippen LogP contribution in [0.1, 0.15) is 76.8 Å². The highest BCUT2D eigenvalue weighted by molar-refractivity contribution is 6.47. The number of nitrogens with zero attached hydrogens (tertiary/aromatic N) is 2. The summed E-state index contributed by atoms with van der Waals surface area (Å²) in [6.07, 6.45) is 7.81. The van der Waals surface area contributed by atoms with Crippen LogP contribution in [0.5, 0.6) is 0 Å². The molecule has 0 spiro atoms. The lowest BCUT2D eigenvalue weighted by Gasteiger charge is -2.64. The Morgan fingerprint density at radius 1 is 1.10 bits per heavy atom. The van der Waals surface area contributed by atoms with E-state index in [4.69, 9.17) is 24.5 Å². The molecule has 3 heterocycles. The molecule has 49 heavy (non-hydrogen) atoms. The molecule has 1 aromatic carbocycles. The minimum absolute atomic E-state index is 0.0273. The maximum absolute atomic E-state index is 14.2. The minimum Gasteiger partial charge on any atom is -0.444 e. The number of amides is 3. The Morgan fingerprint density at radius 2 is 1.84 bits per heavy atom. The number of allylic oxidation sites excluding steroid dienone is 1. The number of benzene rings is 1. The van der Waals surface area contributed by atoms with Gasteiger partial charge in [0, 0.05) is 19.5 Å². The molecule has 11 nitrogen and oxygen atoms in total. The zero-order valence-electron chi connectivity index (χ0n) is 29.3. The van der Waals surface area contributed by atoms with Crippen LogP contribution in [0.2, 0.25) is 0 Å². The van der Waals surface area contributed by atoms with Gasteiger partial charge in [-0.25, -0.2) is 4.79 Å². The molecule has 4 unspecified atom stereocenters. The number of fused-ring (bicyclic) bond motifs is 1. The topological polar surface area (TPSA) is 133 Å². The molecule has 3 amide bonds. The molecule has 0 aromatic heterocycles. The fraction of sp³-hybridized carbons (Fsp3) is 0.649. The van der Waals surface area contributed by atoms with Gasteiger partial charge in [-0.3, -0.25) is 14.5 Å². The average Bonchev–Trinajstić information content (AvgIpc) is 3.80. The van der Waals surface area contributed by atoms with Crippen LogP contribution in [0.15, 0.2) is 49.6 Å². The summed E-state index contributed by atoms with van der Waals surface area (Å²) in [6, 6.07) is 6.01. The molecule has 3 aliphatic heterocycles. The molecule has 6 aliphatic rings. The van der Waals surface area contributed by atoms with Gasteiger partial charge in [-0.2, -0.15) is 0 Å². The maximum atomic E-state index is 14.2. The highest BCUT2D eigenvalue weighted by Gasteiger charge is 2.68. The monoisotopic (exact) mass is 676 g/mol. The van der Waals surface area contributed by atoms with Gasteiger partial charge in [0.05, 0.1) is 37.4 Å². The average molecular weight is 677 g/mol. The second-order valence-electron chi connectivity index (χ2n) is 15.3. The lowest BCUT2D eigenvalue weighted by molar-refractivity contribution is -0.199. The van der Waals surface area contributed by atoms with E-state index < -0.39 is 48.8 Å². The van der Waals surface area contributed by atoms with Crippen LogP contribution in [0.4, 0.5) is 4.79 Å². The first-order chi connectivity index (χ1) is 23.5. The molecule has 2 bridgehead atoms. The van der Waals surface area contributed by atoms with E-state index in [1.165, 1.54) is 4.90 Å². The molecule has 1 aromatic rings. The summed E-state index contributed by atoms with van der Waals surface area (Å²) >= 11 is 0. The van der Waals surface area contributed by atoms with Gasteiger partial charge in [-0.1, -0.05) is 56.7 Å².